The minimum absolute atomic E-state index is 0.673. The maximum absolute atomic E-state index is 2.31. The molecule has 1 aromatic rings. The maximum Gasteiger partial charge on any atom is 0.00517 e. The number of aryl methyl sites for hydroxylation is 1. The van der Waals surface area contributed by atoms with Gasteiger partial charge in [-0.25, -0.2) is 0 Å². The van der Waals surface area contributed by atoms with E-state index < -0.39 is 0 Å². The van der Waals surface area contributed by atoms with Crippen molar-refractivity contribution in [2.24, 2.45) is 0 Å². The van der Waals surface area contributed by atoms with Gasteiger partial charge in [-0.05, 0) is 35.3 Å². The zero-order chi connectivity index (χ0) is 9.30. The first kappa shape index (κ1) is 9.79. The van der Waals surface area contributed by atoms with Gasteiger partial charge in [-0.15, -0.1) is 11.3 Å². The summed E-state index contributed by atoms with van der Waals surface area (Å²) < 4.78 is 0. The Labute approximate surface area is 79.6 Å². The molecule has 0 saturated carbocycles. The van der Waals surface area contributed by atoms with Crippen molar-refractivity contribution in [1.82, 2.24) is 0 Å². The average Bonchev–Trinajstić information content (AvgIpc) is 2.30. The molecule has 0 fully saturated rings. The van der Waals surface area contributed by atoms with E-state index in [1.165, 1.54) is 4.88 Å². The Hall–Kier alpha value is -0.300. The highest BCUT2D eigenvalue weighted by Crippen LogP contribution is 2.33. The highest BCUT2D eigenvalue weighted by molar-refractivity contribution is 7.10. The lowest BCUT2D eigenvalue weighted by molar-refractivity contribution is 0.793. The van der Waals surface area contributed by atoms with E-state index in [0.717, 1.165) is 0 Å². The molecule has 1 heterocycles. The molecule has 0 spiro atoms. The Balaban J connectivity index is 3.12. The Bertz CT molecular complexity index is 256. The second-order valence-electron chi connectivity index (χ2n) is 3.97. The van der Waals surface area contributed by atoms with E-state index in [1.54, 1.807) is 11.1 Å². The van der Waals surface area contributed by atoms with Crippen molar-refractivity contribution in [3.8, 4) is 0 Å². The van der Waals surface area contributed by atoms with Gasteiger partial charge in [-0.2, -0.15) is 0 Å². The molecule has 0 nitrogen and oxygen atoms in total. The molecule has 0 unspecified atom stereocenters. The number of hydrogen-bond donors (Lipinski definition) is 0. The van der Waals surface area contributed by atoms with E-state index in [9.17, 15) is 0 Å². The van der Waals surface area contributed by atoms with Crippen LogP contribution in [0.1, 0.15) is 55.5 Å². The number of hydrogen-bond acceptors (Lipinski definition) is 1. The Morgan fingerprint density at radius 2 is 1.67 bits per heavy atom. The molecule has 0 N–H and O–H groups in total. The van der Waals surface area contributed by atoms with Crippen LogP contribution in [0, 0.1) is 6.92 Å². The fraction of sp³-hybridized carbons (Fsp3) is 0.636. The number of rotatable bonds is 2. The quantitative estimate of drug-likeness (QED) is 0.639. The van der Waals surface area contributed by atoms with Crippen molar-refractivity contribution in [3.63, 3.8) is 0 Å². The molecule has 0 aliphatic rings. The zero-order valence-electron chi connectivity index (χ0n) is 8.64. The van der Waals surface area contributed by atoms with Crippen LogP contribution in [0.4, 0.5) is 0 Å². The van der Waals surface area contributed by atoms with Gasteiger partial charge in [0.05, 0.1) is 0 Å². The SMILES string of the molecule is Cc1scc(C(C)C)c1C(C)C. The highest BCUT2D eigenvalue weighted by Gasteiger charge is 2.13. The summed E-state index contributed by atoms with van der Waals surface area (Å²) in [5.74, 6) is 1.35. The van der Waals surface area contributed by atoms with Crippen molar-refractivity contribution in [1.29, 1.82) is 0 Å². The number of thiophene rings is 1. The van der Waals surface area contributed by atoms with Crippen LogP contribution >= 0.6 is 11.3 Å². The summed E-state index contributed by atoms with van der Waals surface area (Å²) in [7, 11) is 0. The van der Waals surface area contributed by atoms with E-state index in [2.05, 4.69) is 40.0 Å². The molecular weight excluding hydrogens is 164 g/mol. The van der Waals surface area contributed by atoms with E-state index in [0.29, 0.717) is 11.8 Å². The van der Waals surface area contributed by atoms with Crippen LogP contribution in [0.2, 0.25) is 0 Å². The summed E-state index contributed by atoms with van der Waals surface area (Å²) in [6.07, 6.45) is 0. The second-order valence-corrected chi connectivity index (χ2v) is 5.05. The molecule has 0 saturated heterocycles. The van der Waals surface area contributed by atoms with Crippen molar-refractivity contribution in [3.05, 3.63) is 21.4 Å². The van der Waals surface area contributed by atoms with Crippen LogP contribution in [0.5, 0.6) is 0 Å². The molecule has 1 rings (SSSR count). The van der Waals surface area contributed by atoms with Gasteiger partial charge in [-0.3, -0.25) is 0 Å². The van der Waals surface area contributed by atoms with Crippen molar-refractivity contribution >= 4 is 11.3 Å². The summed E-state index contributed by atoms with van der Waals surface area (Å²) in [6, 6.07) is 0. The second kappa shape index (κ2) is 3.61. The molecule has 0 amide bonds. The molecule has 0 aromatic carbocycles. The summed E-state index contributed by atoms with van der Waals surface area (Å²) in [5, 5.41) is 2.31. The molecule has 0 atom stereocenters. The van der Waals surface area contributed by atoms with Crippen LogP contribution in [0.3, 0.4) is 0 Å². The lowest BCUT2D eigenvalue weighted by Gasteiger charge is -2.11. The Kier molecular flexibility index (Phi) is 2.94. The van der Waals surface area contributed by atoms with Crippen LogP contribution < -0.4 is 0 Å². The van der Waals surface area contributed by atoms with Crippen LogP contribution in [-0.2, 0) is 0 Å². The molecular formula is C11H18S. The largest absolute Gasteiger partial charge is 0.149 e. The van der Waals surface area contributed by atoms with Gasteiger partial charge >= 0.3 is 0 Å². The van der Waals surface area contributed by atoms with Gasteiger partial charge in [0.25, 0.3) is 0 Å². The van der Waals surface area contributed by atoms with Gasteiger partial charge in [0.2, 0.25) is 0 Å². The molecule has 0 radical (unpaired) electrons. The van der Waals surface area contributed by atoms with Crippen LogP contribution in [0.25, 0.3) is 0 Å². The van der Waals surface area contributed by atoms with Crippen LogP contribution in [0.15, 0.2) is 5.38 Å². The lowest BCUT2D eigenvalue weighted by Crippen LogP contribution is -1.95. The minimum atomic E-state index is 0.673. The van der Waals surface area contributed by atoms with Crippen molar-refractivity contribution < 1.29 is 0 Å². The standard InChI is InChI=1S/C11H18S/c1-7(2)10-6-12-9(5)11(10)8(3)4/h6-8H,1-5H3. The topological polar surface area (TPSA) is 0 Å². The zero-order valence-corrected chi connectivity index (χ0v) is 9.46. The predicted molar refractivity (Wildman–Crippen MR) is 57.2 cm³/mol. The molecule has 68 valence electrons. The minimum Gasteiger partial charge on any atom is -0.149 e. The smallest absolute Gasteiger partial charge is 0.00517 e. The van der Waals surface area contributed by atoms with E-state index in [4.69, 9.17) is 0 Å². The fourth-order valence-corrected chi connectivity index (χ4v) is 2.85. The Morgan fingerprint density at radius 3 is 2.00 bits per heavy atom. The monoisotopic (exact) mass is 182 g/mol. The average molecular weight is 182 g/mol. The molecule has 0 aliphatic heterocycles. The molecule has 12 heavy (non-hydrogen) atoms. The normalized spacial score (nSPS) is 11.6. The van der Waals surface area contributed by atoms with Gasteiger partial charge in [0.1, 0.15) is 0 Å². The molecule has 1 aromatic heterocycles. The lowest BCUT2D eigenvalue weighted by atomic mass is 9.93. The van der Waals surface area contributed by atoms with Gasteiger partial charge in [0.15, 0.2) is 0 Å². The molecule has 1 heteroatoms. The maximum atomic E-state index is 2.31. The highest BCUT2D eigenvalue weighted by atomic mass is 32.1. The first-order valence-corrected chi connectivity index (χ1v) is 5.49. The van der Waals surface area contributed by atoms with Crippen molar-refractivity contribution in [2.45, 2.75) is 46.5 Å². The summed E-state index contributed by atoms with van der Waals surface area (Å²) in [6.45, 7) is 11.3. The third-order valence-corrected chi connectivity index (χ3v) is 3.20. The summed E-state index contributed by atoms with van der Waals surface area (Å²) >= 11 is 1.89. The Morgan fingerprint density at radius 1 is 1.08 bits per heavy atom. The first-order chi connectivity index (χ1) is 5.54. The summed E-state index contributed by atoms with van der Waals surface area (Å²) in [5.41, 5.74) is 3.13. The van der Waals surface area contributed by atoms with Crippen molar-refractivity contribution in [2.75, 3.05) is 0 Å². The molecule has 0 aliphatic carbocycles. The third kappa shape index (κ3) is 1.71. The van der Waals surface area contributed by atoms with Gasteiger partial charge < -0.3 is 0 Å². The van der Waals surface area contributed by atoms with Gasteiger partial charge in [-0.1, -0.05) is 27.7 Å². The third-order valence-electron chi connectivity index (χ3n) is 2.25. The van der Waals surface area contributed by atoms with Gasteiger partial charge in [0, 0.05) is 4.88 Å². The van der Waals surface area contributed by atoms with E-state index in [1.807, 2.05) is 11.3 Å². The first-order valence-electron chi connectivity index (χ1n) is 4.62. The van der Waals surface area contributed by atoms with E-state index >= 15 is 0 Å². The van der Waals surface area contributed by atoms with E-state index in [-0.39, 0.29) is 0 Å². The molecule has 0 bridgehead atoms. The fourth-order valence-electron chi connectivity index (χ4n) is 1.67. The predicted octanol–water partition coefficient (Wildman–Crippen LogP) is 4.30. The van der Waals surface area contributed by atoms with Crippen LogP contribution in [-0.4, -0.2) is 0 Å². The summed E-state index contributed by atoms with van der Waals surface area (Å²) in [4.78, 5) is 1.49.